The Morgan fingerprint density at radius 1 is 1.86 bits per heavy atom. The van der Waals surface area contributed by atoms with E-state index in [0.717, 1.165) is 0 Å². The molecule has 0 aromatic heterocycles. The van der Waals surface area contributed by atoms with Gasteiger partial charge in [0, 0.05) is 13.5 Å². The molecule has 1 rings (SSSR count). The van der Waals surface area contributed by atoms with E-state index in [4.69, 9.17) is 0 Å². The number of carbonyl (C=O) groups is 1. The summed E-state index contributed by atoms with van der Waals surface area (Å²) in [6.45, 7) is 8.37. The van der Waals surface area contributed by atoms with Crippen molar-refractivity contribution in [1.82, 2.24) is 10.3 Å². The maximum atomic E-state index is 11.3. The largest absolute Gasteiger partial charge is 0.334 e. The fourth-order valence-corrected chi connectivity index (χ4v) is 1.48. The summed E-state index contributed by atoms with van der Waals surface area (Å²) in [5.74, 6) is 0.0473. The van der Waals surface area contributed by atoms with E-state index in [1.807, 2.05) is 6.92 Å². The minimum Gasteiger partial charge on any atom is -0.334 e. The number of amides is 1. The van der Waals surface area contributed by atoms with E-state index in [1.165, 1.54) is 0 Å². The van der Waals surface area contributed by atoms with Gasteiger partial charge in [0.15, 0.2) is 0 Å². The van der Waals surface area contributed by atoms with Crippen LogP contribution in [0.3, 0.4) is 0 Å². The molecule has 0 saturated carbocycles. The van der Waals surface area contributed by atoms with Gasteiger partial charge in [-0.05, 0) is 6.92 Å². The van der Waals surface area contributed by atoms with Crippen LogP contribution in [0.1, 0.15) is 13.8 Å². The highest BCUT2D eigenvalue weighted by molar-refractivity contribution is 5.73. The summed E-state index contributed by atoms with van der Waals surface area (Å²) in [6, 6.07) is 0.208. The topological polar surface area (TPSA) is 57.1 Å². The molecule has 0 aromatic rings. The quantitative estimate of drug-likeness (QED) is 0.674. The molecule has 0 saturated heterocycles. The molecule has 0 fully saturated rings. The Morgan fingerprint density at radius 2 is 2.57 bits per heavy atom. The van der Waals surface area contributed by atoms with Gasteiger partial charge in [0.05, 0.1) is 18.6 Å². The van der Waals surface area contributed by atoms with Crippen molar-refractivity contribution in [2.75, 3.05) is 13.1 Å². The van der Waals surface area contributed by atoms with Gasteiger partial charge in [-0.15, -0.1) is 6.58 Å². The van der Waals surface area contributed by atoms with E-state index in [9.17, 15) is 4.79 Å². The Kier molecular flexibility index (Phi) is 3.62. The van der Waals surface area contributed by atoms with Crippen molar-refractivity contribution in [1.29, 1.82) is 0 Å². The highest BCUT2D eigenvalue weighted by Gasteiger charge is 2.26. The van der Waals surface area contributed by atoms with Crippen molar-refractivity contribution in [3.8, 4) is 0 Å². The van der Waals surface area contributed by atoms with E-state index in [-0.39, 0.29) is 18.0 Å². The van der Waals surface area contributed by atoms with Crippen molar-refractivity contribution < 1.29 is 4.79 Å². The minimum absolute atomic E-state index is 0.0473. The molecular weight excluding hydrogens is 180 g/mol. The number of hydrogen-bond donors (Lipinski definition) is 1. The smallest absolute Gasteiger partial charge is 0.220 e. The molecule has 1 aliphatic heterocycles. The average molecular weight is 196 g/mol. The molecule has 0 radical (unpaired) electrons. The second-order valence-electron chi connectivity index (χ2n) is 3.36. The lowest BCUT2D eigenvalue weighted by molar-refractivity contribution is -0.130. The number of rotatable bonds is 4. The Morgan fingerprint density at radius 3 is 3.00 bits per heavy atom. The van der Waals surface area contributed by atoms with E-state index in [0.29, 0.717) is 13.1 Å². The Balaban J connectivity index is 2.57. The highest BCUT2D eigenvalue weighted by Crippen LogP contribution is 2.09. The zero-order chi connectivity index (χ0) is 10.6. The van der Waals surface area contributed by atoms with Gasteiger partial charge in [-0.25, -0.2) is 0 Å². The highest BCUT2D eigenvalue weighted by atomic mass is 16.2. The predicted octanol–water partition coefficient (Wildman–Crippen LogP) is 0.748. The maximum Gasteiger partial charge on any atom is 0.220 e. The third-order valence-electron chi connectivity index (χ3n) is 2.38. The Bertz CT molecular complexity index is 243. The summed E-state index contributed by atoms with van der Waals surface area (Å²) in [6.07, 6.45) is 1.72. The SMILES string of the molecule is C=CCN(C(C)=O)[C@@H](C)C1CN=NN1. The van der Waals surface area contributed by atoms with Crippen LogP contribution in [0, 0.1) is 0 Å². The molecule has 1 heterocycles. The van der Waals surface area contributed by atoms with Crippen LogP contribution in [-0.2, 0) is 4.79 Å². The molecule has 0 spiro atoms. The molecule has 1 aliphatic rings. The van der Waals surface area contributed by atoms with Crippen molar-refractivity contribution in [2.24, 2.45) is 10.3 Å². The van der Waals surface area contributed by atoms with E-state index < -0.39 is 0 Å². The molecular formula is C9H16N4O. The Labute approximate surface area is 83.9 Å². The Hall–Kier alpha value is -1.39. The molecule has 2 atom stereocenters. The summed E-state index contributed by atoms with van der Waals surface area (Å²) in [4.78, 5) is 13.1. The van der Waals surface area contributed by atoms with Gasteiger partial charge < -0.3 is 4.90 Å². The van der Waals surface area contributed by atoms with Crippen molar-refractivity contribution in [3.05, 3.63) is 12.7 Å². The minimum atomic E-state index is 0.0473. The zero-order valence-corrected chi connectivity index (χ0v) is 8.60. The first-order valence-corrected chi connectivity index (χ1v) is 4.67. The summed E-state index contributed by atoms with van der Waals surface area (Å²) in [5.41, 5.74) is 2.88. The summed E-state index contributed by atoms with van der Waals surface area (Å²) in [7, 11) is 0. The van der Waals surface area contributed by atoms with Crippen molar-refractivity contribution >= 4 is 5.91 Å². The van der Waals surface area contributed by atoms with Gasteiger partial charge in [-0.2, -0.15) is 5.11 Å². The molecule has 1 unspecified atom stereocenters. The van der Waals surface area contributed by atoms with Crippen LogP contribution in [0.25, 0.3) is 0 Å². The first-order chi connectivity index (χ1) is 6.66. The molecule has 78 valence electrons. The molecule has 0 aliphatic carbocycles. The number of nitrogens with one attached hydrogen (secondary N) is 1. The second-order valence-corrected chi connectivity index (χ2v) is 3.36. The van der Waals surface area contributed by atoms with Gasteiger partial charge in [-0.1, -0.05) is 11.3 Å². The lowest BCUT2D eigenvalue weighted by atomic mass is 10.1. The molecule has 1 amide bonds. The third-order valence-corrected chi connectivity index (χ3v) is 2.38. The lowest BCUT2D eigenvalue weighted by Crippen LogP contribution is -2.48. The number of hydrogen-bond acceptors (Lipinski definition) is 4. The predicted molar refractivity (Wildman–Crippen MR) is 53.7 cm³/mol. The normalized spacial score (nSPS) is 21.4. The second kappa shape index (κ2) is 4.74. The molecule has 5 nitrogen and oxygen atoms in total. The van der Waals surface area contributed by atoms with E-state index in [2.05, 4.69) is 22.3 Å². The lowest BCUT2D eigenvalue weighted by Gasteiger charge is -2.30. The van der Waals surface area contributed by atoms with Crippen LogP contribution in [0.15, 0.2) is 23.0 Å². The van der Waals surface area contributed by atoms with Crippen LogP contribution >= 0.6 is 0 Å². The van der Waals surface area contributed by atoms with Crippen LogP contribution < -0.4 is 5.43 Å². The summed E-state index contributed by atoms with van der Waals surface area (Å²) >= 11 is 0. The summed E-state index contributed by atoms with van der Waals surface area (Å²) < 4.78 is 0. The zero-order valence-electron chi connectivity index (χ0n) is 8.60. The fraction of sp³-hybridized carbons (Fsp3) is 0.667. The number of carbonyl (C=O) groups excluding carboxylic acids is 1. The monoisotopic (exact) mass is 196 g/mol. The summed E-state index contributed by atoms with van der Waals surface area (Å²) in [5, 5.41) is 7.54. The van der Waals surface area contributed by atoms with Crippen LogP contribution in [0.2, 0.25) is 0 Å². The first kappa shape index (κ1) is 10.7. The van der Waals surface area contributed by atoms with Gasteiger partial charge in [0.2, 0.25) is 5.91 Å². The van der Waals surface area contributed by atoms with Crippen LogP contribution in [-0.4, -0.2) is 36.0 Å². The van der Waals surface area contributed by atoms with Crippen molar-refractivity contribution in [3.63, 3.8) is 0 Å². The van der Waals surface area contributed by atoms with Crippen LogP contribution in [0.5, 0.6) is 0 Å². The average Bonchev–Trinajstić information content (AvgIpc) is 2.65. The van der Waals surface area contributed by atoms with Crippen molar-refractivity contribution in [2.45, 2.75) is 25.9 Å². The molecule has 0 bridgehead atoms. The van der Waals surface area contributed by atoms with Gasteiger partial charge >= 0.3 is 0 Å². The first-order valence-electron chi connectivity index (χ1n) is 4.67. The number of nitrogens with zero attached hydrogens (tertiary/aromatic N) is 3. The molecule has 5 heteroatoms. The molecule has 14 heavy (non-hydrogen) atoms. The van der Waals surface area contributed by atoms with Crippen LogP contribution in [0.4, 0.5) is 0 Å². The van der Waals surface area contributed by atoms with E-state index >= 15 is 0 Å². The maximum absolute atomic E-state index is 11.3. The van der Waals surface area contributed by atoms with Gasteiger partial charge in [0.25, 0.3) is 0 Å². The van der Waals surface area contributed by atoms with Gasteiger partial charge in [-0.3, -0.25) is 10.2 Å². The fourth-order valence-electron chi connectivity index (χ4n) is 1.48. The van der Waals surface area contributed by atoms with E-state index in [1.54, 1.807) is 17.9 Å². The molecule has 1 N–H and O–H groups in total. The standard InChI is InChI=1S/C9H16N4O/c1-4-5-13(8(3)14)7(2)9-6-10-12-11-9/h4,7,9H,1,5-6H2,2-3H3,(H,10,11)/t7-,9?/m0/s1. The molecule has 0 aromatic carbocycles. The van der Waals surface area contributed by atoms with Gasteiger partial charge in [0.1, 0.15) is 0 Å². The third kappa shape index (κ3) is 2.31.